The molecule has 23 heavy (non-hydrogen) atoms. The molecule has 0 aliphatic carbocycles. The van der Waals surface area contributed by atoms with E-state index in [2.05, 4.69) is 10.3 Å². The van der Waals surface area contributed by atoms with Crippen LogP contribution in [0.5, 0.6) is 0 Å². The van der Waals surface area contributed by atoms with Crippen LogP contribution < -0.4 is 0 Å². The van der Waals surface area contributed by atoms with Crippen molar-refractivity contribution in [2.75, 3.05) is 12.9 Å². The van der Waals surface area contributed by atoms with Crippen LogP contribution in [0, 0.1) is 0 Å². The summed E-state index contributed by atoms with van der Waals surface area (Å²) in [5.41, 5.74) is 0.998. The van der Waals surface area contributed by atoms with Gasteiger partial charge in [-0.15, -0.1) is 16.9 Å². The van der Waals surface area contributed by atoms with Crippen LogP contribution in [0.1, 0.15) is 6.04 Å². The first kappa shape index (κ1) is 16.4. The Labute approximate surface area is 137 Å². The van der Waals surface area contributed by atoms with Gasteiger partial charge in [-0.1, -0.05) is 35.5 Å². The Morgan fingerprint density at radius 2 is 1.96 bits per heavy atom. The van der Waals surface area contributed by atoms with E-state index in [9.17, 15) is 15.3 Å². The molecule has 8 heteroatoms. The lowest BCUT2D eigenvalue weighted by Gasteiger charge is -2.41. The molecule has 0 bridgehead atoms. The van der Waals surface area contributed by atoms with Crippen molar-refractivity contribution in [2.24, 2.45) is 0 Å². The van der Waals surface area contributed by atoms with Crippen LogP contribution in [-0.2, 0) is 4.74 Å². The number of rotatable bonds is 4. The smallest absolute Gasteiger partial charge is 0.131 e. The second-order valence-electron chi connectivity index (χ2n) is 5.38. The monoisotopic (exact) mass is 337 g/mol. The van der Waals surface area contributed by atoms with Gasteiger partial charge >= 0.3 is 0 Å². The highest BCUT2D eigenvalue weighted by molar-refractivity contribution is 7.99. The molecule has 2 aromatic rings. The minimum absolute atomic E-state index is 0.332. The summed E-state index contributed by atoms with van der Waals surface area (Å²) in [6.07, 6.45) is 0.666. The van der Waals surface area contributed by atoms with Crippen molar-refractivity contribution in [1.82, 2.24) is 15.0 Å². The summed E-state index contributed by atoms with van der Waals surface area (Å²) in [6, 6.07) is 8.80. The first-order valence-electron chi connectivity index (χ1n) is 7.28. The van der Waals surface area contributed by atoms with Crippen LogP contribution in [0.4, 0.5) is 0 Å². The summed E-state index contributed by atoms with van der Waals surface area (Å²) in [5.74, 6) is 0. The average Bonchev–Trinajstić information content (AvgIpc) is 3.06. The fourth-order valence-electron chi connectivity index (χ4n) is 2.74. The quantitative estimate of drug-likeness (QED) is 0.737. The van der Waals surface area contributed by atoms with Crippen molar-refractivity contribution in [3.05, 3.63) is 36.5 Å². The average molecular weight is 337 g/mol. The van der Waals surface area contributed by atoms with E-state index in [1.807, 2.05) is 30.3 Å². The first-order valence-corrected chi connectivity index (χ1v) is 8.57. The Kier molecular flexibility index (Phi) is 4.98. The van der Waals surface area contributed by atoms with Gasteiger partial charge in [-0.3, -0.25) is 0 Å². The highest BCUT2D eigenvalue weighted by Gasteiger charge is 2.45. The van der Waals surface area contributed by atoms with Crippen molar-refractivity contribution in [1.29, 1.82) is 0 Å². The highest BCUT2D eigenvalue weighted by Crippen LogP contribution is 2.34. The zero-order chi connectivity index (χ0) is 16.4. The number of hydrogen-bond donors (Lipinski definition) is 3. The molecule has 1 saturated heterocycles. The van der Waals surface area contributed by atoms with E-state index in [0.717, 1.165) is 5.56 Å². The highest BCUT2D eigenvalue weighted by atomic mass is 32.2. The molecular weight excluding hydrogens is 318 g/mol. The molecule has 1 aromatic heterocycles. The molecule has 5 atom stereocenters. The third-order valence-electron chi connectivity index (χ3n) is 3.97. The molecule has 3 rings (SSSR count). The predicted molar refractivity (Wildman–Crippen MR) is 85.8 cm³/mol. The Morgan fingerprint density at radius 3 is 2.61 bits per heavy atom. The SMILES string of the molecule is CS[C@@H]1OC(CO)[C@H](O)[C@H](n2cc(-c3ccccc3)nn2)[C@H]1O. The molecule has 2 heterocycles. The van der Waals surface area contributed by atoms with Gasteiger partial charge in [0, 0.05) is 5.56 Å². The third kappa shape index (κ3) is 3.13. The van der Waals surface area contributed by atoms with Gasteiger partial charge in [-0.2, -0.15) is 0 Å². The zero-order valence-corrected chi connectivity index (χ0v) is 13.4. The lowest BCUT2D eigenvalue weighted by atomic mass is 9.97. The van der Waals surface area contributed by atoms with Gasteiger partial charge in [-0.05, 0) is 6.26 Å². The molecule has 1 fully saturated rings. The molecule has 0 radical (unpaired) electrons. The van der Waals surface area contributed by atoms with Gasteiger partial charge < -0.3 is 20.1 Å². The van der Waals surface area contributed by atoms with Crippen molar-refractivity contribution < 1.29 is 20.1 Å². The van der Waals surface area contributed by atoms with E-state index in [1.165, 1.54) is 16.4 Å². The number of aliphatic hydroxyl groups excluding tert-OH is 3. The standard InChI is InChI=1S/C15H19N3O4S/c1-23-15-14(21)12(13(20)11(8-19)22-15)18-7-10(16-17-18)9-5-3-2-4-6-9/h2-7,11-15,19-21H,8H2,1H3/t11?,12-,13-,14+,15-/m0/s1. The topological polar surface area (TPSA) is 101 Å². The molecule has 1 unspecified atom stereocenters. The fraction of sp³-hybridized carbons (Fsp3) is 0.467. The van der Waals surface area contributed by atoms with Crippen LogP contribution in [0.25, 0.3) is 11.3 Å². The maximum absolute atomic E-state index is 10.5. The van der Waals surface area contributed by atoms with Crippen molar-refractivity contribution in [2.45, 2.75) is 29.8 Å². The minimum atomic E-state index is -1.08. The number of aromatic nitrogens is 3. The van der Waals surface area contributed by atoms with E-state index in [4.69, 9.17) is 4.74 Å². The van der Waals surface area contributed by atoms with Gasteiger partial charge in [0.25, 0.3) is 0 Å². The van der Waals surface area contributed by atoms with Crippen LogP contribution in [0.3, 0.4) is 0 Å². The molecule has 124 valence electrons. The number of thioether (sulfide) groups is 1. The van der Waals surface area contributed by atoms with E-state index in [1.54, 1.807) is 12.5 Å². The Bertz CT molecular complexity index is 623. The molecule has 1 aliphatic heterocycles. The number of nitrogens with zero attached hydrogens (tertiary/aromatic N) is 3. The largest absolute Gasteiger partial charge is 0.394 e. The van der Waals surface area contributed by atoms with Gasteiger partial charge in [0.1, 0.15) is 35.5 Å². The molecule has 0 saturated carbocycles. The number of hydrogen-bond acceptors (Lipinski definition) is 7. The van der Waals surface area contributed by atoms with Crippen LogP contribution in [-0.4, -0.2) is 66.9 Å². The summed E-state index contributed by atoms with van der Waals surface area (Å²) in [4.78, 5) is 0. The van der Waals surface area contributed by atoms with Crippen molar-refractivity contribution >= 4 is 11.8 Å². The molecule has 1 aromatic carbocycles. The van der Waals surface area contributed by atoms with Crippen LogP contribution in [0.2, 0.25) is 0 Å². The molecule has 7 nitrogen and oxygen atoms in total. The maximum Gasteiger partial charge on any atom is 0.131 e. The van der Waals surface area contributed by atoms with Crippen LogP contribution in [0.15, 0.2) is 36.5 Å². The summed E-state index contributed by atoms with van der Waals surface area (Å²) in [6.45, 7) is -0.332. The number of aliphatic hydroxyl groups is 3. The van der Waals surface area contributed by atoms with Crippen LogP contribution >= 0.6 is 11.8 Å². The van der Waals surface area contributed by atoms with Gasteiger partial charge in [-0.25, -0.2) is 4.68 Å². The summed E-state index contributed by atoms with van der Waals surface area (Å²) < 4.78 is 6.95. The van der Waals surface area contributed by atoms with Gasteiger partial charge in [0.15, 0.2) is 0 Å². The van der Waals surface area contributed by atoms with Gasteiger partial charge in [0.2, 0.25) is 0 Å². The van der Waals surface area contributed by atoms with Gasteiger partial charge in [0.05, 0.1) is 12.8 Å². The molecular formula is C15H19N3O4S. The van der Waals surface area contributed by atoms with E-state index in [0.29, 0.717) is 5.69 Å². The molecule has 0 amide bonds. The minimum Gasteiger partial charge on any atom is -0.394 e. The second-order valence-corrected chi connectivity index (χ2v) is 6.32. The Hall–Kier alpha value is -1.45. The Balaban J connectivity index is 1.91. The number of ether oxygens (including phenoxy) is 1. The third-order valence-corrected chi connectivity index (χ3v) is 4.82. The maximum atomic E-state index is 10.5. The Morgan fingerprint density at radius 1 is 1.22 bits per heavy atom. The predicted octanol–water partition coefficient (Wildman–Crippen LogP) is 0.288. The first-order chi connectivity index (χ1) is 11.2. The summed E-state index contributed by atoms with van der Waals surface area (Å²) in [5, 5.41) is 38.4. The summed E-state index contributed by atoms with van der Waals surface area (Å²) >= 11 is 1.32. The molecule has 1 aliphatic rings. The fourth-order valence-corrected chi connectivity index (χ4v) is 3.43. The number of benzene rings is 1. The second kappa shape index (κ2) is 6.98. The van der Waals surface area contributed by atoms with E-state index < -0.39 is 29.8 Å². The van der Waals surface area contributed by atoms with Crippen molar-refractivity contribution in [3.8, 4) is 11.3 Å². The van der Waals surface area contributed by atoms with E-state index >= 15 is 0 Å². The molecule has 0 spiro atoms. The van der Waals surface area contributed by atoms with E-state index in [-0.39, 0.29) is 6.61 Å². The lowest BCUT2D eigenvalue weighted by Crippen LogP contribution is -2.54. The van der Waals surface area contributed by atoms with Crippen molar-refractivity contribution in [3.63, 3.8) is 0 Å². The zero-order valence-electron chi connectivity index (χ0n) is 12.6. The lowest BCUT2D eigenvalue weighted by molar-refractivity contribution is -0.178. The summed E-state index contributed by atoms with van der Waals surface area (Å²) in [7, 11) is 0. The molecule has 3 N–H and O–H groups in total. The normalized spacial score (nSPS) is 31.2.